The van der Waals surface area contributed by atoms with Crippen molar-refractivity contribution < 1.29 is 33.3 Å². The number of carbonyl (C=O) groups is 2. The van der Waals surface area contributed by atoms with E-state index >= 15 is 0 Å². The van der Waals surface area contributed by atoms with Gasteiger partial charge in [-0.05, 0) is 46.2 Å². The minimum absolute atomic E-state index is 0.188. The van der Waals surface area contributed by atoms with Gasteiger partial charge in [-0.1, -0.05) is 91.6 Å². The van der Waals surface area contributed by atoms with Crippen molar-refractivity contribution >= 4 is 18.0 Å². The Labute approximate surface area is 256 Å². The fraction of sp³-hybridized carbons (Fsp3) is 0.389. The molecule has 7 heteroatoms. The first-order valence-electron chi connectivity index (χ1n) is 14.2. The van der Waals surface area contributed by atoms with Crippen LogP contribution in [0.2, 0.25) is 0 Å². The first-order valence-corrected chi connectivity index (χ1v) is 14.2. The third-order valence-electron chi connectivity index (χ3n) is 6.42. The molecule has 43 heavy (non-hydrogen) atoms. The SMILES string of the molecule is C=CCOc1ccc(/C=C/C(=O)OC(CC(=O)OC)c2cc(C(C)(C)C)cc(C(C)(C)C)c2OCC=C)cc1OCC=C. The van der Waals surface area contributed by atoms with Crippen molar-refractivity contribution in [3.63, 3.8) is 0 Å². The lowest BCUT2D eigenvalue weighted by molar-refractivity contribution is -0.150. The summed E-state index contributed by atoms with van der Waals surface area (Å²) in [6, 6.07) is 9.36. The molecule has 0 amide bonds. The van der Waals surface area contributed by atoms with Gasteiger partial charge in [-0.2, -0.15) is 0 Å². The predicted octanol–water partition coefficient (Wildman–Crippen LogP) is 7.84. The predicted molar refractivity (Wildman–Crippen MR) is 172 cm³/mol. The second kappa shape index (κ2) is 15.8. The van der Waals surface area contributed by atoms with Gasteiger partial charge in [0.05, 0.1) is 13.5 Å². The topological polar surface area (TPSA) is 80.3 Å². The van der Waals surface area contributed by atoms with Crippen LogP contribution in [0.4, 0.5) is 0 Å². The second-order valence-corrected chi connectivity index (χ2v) is 12.0. The van der Waals surface area contributed by atoms with Crippen molar-refractivity contribution in [3.05, 3.63) is 96.6 Å². The number of benzene rings is 2. The highest BCUT2D eigenvalue weighted by Gasteiger charge is 2.31. The van der Waals surface area contributed by atoms with Crippen LogP contribution in [0.5, 0.6) is 17.2 Å². The molecule has 2 aromatic rings. The van der Waals surface area contributed by atoms with Gasteiger partial charge in [0.1, 0.15) is 31.7 Å². The largest absolute Gasteiger partial charge is 0.489 e. The van der Waals surface area contributed by atoms with Gasteiger partial charge < -0.3 is 23.7 Å². The van der Waals surface area contributed by atoms with Crippen molar-refractivity contribution in [1.29, 1.82) is 0 Å². The molecule has 232 valence electrons. The van der Waals surface area contributed by atoms with Crippen molar-refractivity contribution in [2.45, 2.75) is 64.9 Å². The van der Waals surface area contributed by atoms with Gasteiger partial charge in [0, 0.05) is 17.2 Å². The Kier molecular flexibility index (Phi) is 12.9. The van der Waals surface area contributed by atoms with E-state index in [9.17, 15) is 9.59 Å². The highest BCUT2D eigenvalue weighted by atomic mass is 16.6. The maximum absolute atomic E-state index is 13.2. The molecule has 0 saturated carbocycles. The lowest BCUT2D eigenvalue weighted by Gasteiger charge is -2.31. The van der Waals surface area contributed by atoms with E-state index in [2.05, 4.69) is 67.3 Å². The van der Waals surface area contributed by atoms with E-state index in [1.165, 1.54) is 13.2 Å². The summed E-state index contributed by atoms with van der Waals surface area (Å²) in [6.45, 7) is 24.6. The Balaban J connectivity index is 2.55. The van der Waals surface area contributed by atoms with Crippen LogP contribution in [-0.2, 0) is 29.9 Å². The molecule has 1 atom stereocenters. The van der Waals surface area contributed by atoms with E-state index in [1.807, 2.05) is 6.07 Å². The van der Waals surface area contributed by atoms with E-state index in [1.54, 1.807) is 42.5 Å². The molecule has 0 N–H and O–H groups in total. The van der Waals surface area contributed by atoms with E-state index in [0.717, 1.165) is 11.1 Å². The highest BCUT2D eigenvalue weighted by molar-refractivity contribution is 5.87. The summed E-state index contributed by atoms with van der Waals surface area (Å²) < 4.78 is 28.5. The van der Waals surface area contributed by atoms with Crippen LogP contribution in [0.15, 0.2) is 74.4 Å². The molecule has 0 radical (unpaired) electrons. The molecule has 7 nitrogen and oxygen atoms in total. The average molecular weight is 591 g/mol. The number of rotatable bonds is 15. The normalized spacial score (nSPS) is 12.3. The Morgan fingerprint density at radius 3 is 1.98 bits per heavy atom. The smallest absolute Gasteiger partial charge is 0.331 e. The first kappa shape index (κ1) is 34.9. The number of carbonyl (C=O) groups excluding carboxylic acids is 2. The van der Waals surface area contributed by atoms with Gasteiger partial charge in [0.2, 0.25) is 0 Å². The summed E-state index contributed by atoms with van der Waals surface area (Å²) in [7, 11) is 1.30. The molecule has 0 fully saturated rings. The number of hydrogen-bond donors (Lipinski definition) is 0. The summed E-state index contributed by atoms with van der Waals surface area (Å²) >= 11 is 0. The third-order valence-corrected chi connectivity index (χ3v) is 6.42. The van der Waals surface area contributed by atoms with Gasteiger partial charge in [-0.25, -0.2) is 4.79 Å². The average Bonchev–Trinajstić information content (AvgIpc) is 2.95. The number of esters is 2. The van der Waals surface area contributed by atoms with E-state index < -0.39 is 18.0 Å². The van der Waals surface area contributed by atoms with Crippen LogP contribution in [0.1, 0.15) is 76.3 Å². The summed E-state index contributed by atoms with van der Waals surface area (Å²) in [5.74, 6) is 0.445. The Hall–Kier alpha value is -4.26. The van der Waals surface area contributed by atoms with Gasteiger partial charge in [-0.3, -0.25) is 4.79 Å². The molecule has 0 spiro atoms. The molecule has 2 aromatic carbocycles. The van der Waals surface area contributed by atoms with Crippen LogP contribution >= 0.6 is 0 Å². The second-order valence-electron chi connectivity index (χ2n) is 12.0. The van der Waals surface area contributed by atoms with E-state index in [-0.39, 0.29) is 30.5 Å². The molecule has 1 unspecified atom stereocenters. The minimum Gasteiger partial charge on any atom is -0.489 e. The number of methoxy groups -OCH3 is 1. The summed E-state index contributed by atoms with van der Waals surface area (Å²) in [5.41, 5.74) is 2.70. The summed E-state index contributed by atoms with van der Waals surface area (Å²) in [6.07, 6.45) is 6.69. The van der Waals surface area contributed by atoms with Gasteiger partial charge in [0.15, 0.2) is 11.5 Å². The molecular weight excluding hydrogens is 544 g/mol. The monoisotopic (exact) mass is 590 g/mol. The first-order chi connectivity index (χ1) is 20.2. The van der Waals surface area contributed by atoms with Crippen LogP contribution in [-0.4, -0.2) is 38.9 Å². The highest BCUT2D eigenvalue weighted by Crippen LogP contribution is 2.42. The van der Waals surface area contributed by atoms with Crippen molar-refractivity contribution in [1.82, 2.24) is 0 Å². The fourth-order valence-electron chi connectivity index (χ4n) is 4.14. The quantitative estimate of drug-likeness (QED) is 0.119. The summed E-state index contributed by atoms with van der Waals surface area (Å²) in [5, 5.41) is 0. The molecular formula is C36H46O7. The van der Waals surface area contributed by atoms with E-state index in [0.29, 0.717) is 35.0 Å². The minimum atomic E-state index is -0.964. The molecule has 0 saturated heterocycles. The van der Waals surface area contributed by atoms with E-state index in [4.69, 9.17) is 23.7 Å². The van der Waals surface area contributed by atoms with Gasteiger partial charge >= 0.3 is 11.9 Å². The van der Waals surface area contributed by atoms with Crippen molar-refractivity contribution in [2.24, 2.45) is 0 Å². The van der Waals surface area contributed by atoms with Crippen LogP contribution in [0, 0.1) is 0 Å². The zero-order chi connectivity index (χ0) is 32.2. The number of ether oxygens (including phenoxy) is 5. The molecule has 0 aliphatic rings. The Morgan fingerprint density at radius 2 is 1.42 bits per heavy atom. The summed E-state index contributed by atoms with van der Waals surface area (Å²) in [4.78, 5) is 25.8. The fourth-order valence-corrected chi connectivity index (χ4v) is 4.14. The number of hydrogen-bond acceptors (Lipinski definition) is 7. The van der Waals surface area contributed by atoms with Gasteiger partial charge in [0.25, 0.3) is 0 Å². The van der Waals surface area contributed by atoms with Crippen molar-refractivity contribution in [2.75, 3.05) is 26.9 Å². The molecule has 0 aromatic heterocycles. The molecule has 0 aliphatic carbocycles. The van der Waals surface area contributed by atoms with Crippen LogP contribution < -0.4 is 14.2 Å². The maximum atomic E-state index is 13.2. The maximum Gasteiger partial charge on any atom is 0.331 e. The van der Waals surface area contributed by atoms with Crippen molar-refractivity contribution in [3.8, 4) is 17.2 Å². The lowest BCUT2D eigenvalue weighted by Crippen LogP contribution is -2.22. The zero-order valence-corrected chi connectivity index (χ0v) is 26.7. The lowest BCUT2D eigenvalue weighted by atomic mass is 9.78. The Bertz CT molecular complexity index is 1320. The molecule has 0 aliphatic heterocycles. The molecule has 0 bridgehead atoms. The third kappa shape index (κ3) is 10.5. The standard InChI is InChI=1S/C36H46O7/c1-11-18-40-29-16-14-25(21-31(29)41-19-12-2)15-17-32(37)43-30(24-33(38)39-10)27-22-26(35(4,5)6)23-28(36(7,8)9)34(27)42-20-13-3/h11-17,21-23,30H,1-3,18-20,24H2,4-10H3/b17-15+. The van der Waals surface area contributed by atoms with Gasteiger partial charge in [-0.15, -0.1) is 0 Å². The van der Waals surface area contributed by atoms with Crippen LogP contribution in [0.3, 0.4) is 0 Å². The molecule has 0 heterocycles. The Morgan fingerprint density at radius 1 is 0.814 bits per heavy atom. The zero-order valence-electron chi connectivity index (χ0n) is 26.7. The van der Waals surface area contributed by atoms with Crippen LogP contribution in [0.25, 0.3) is 6.08 Å². The molecule has 2 rings (SSSR count).